The molecule has 0 radical (unpaired) electrons. The number of hydrogen-bond donors (Lipinski definition) is 1. The molecule has 108 valence electrons. The third kappa shape index (κ3) is 2.40. The molecule has 3 fully saturated rings. The van der Waals surface area contributed by atoms with Crippen molar-refractivity contribution in [2.24, 2.45) is 11.8 Å². The van der Waals surface area contributed by atoms with Gasteiger partial charge in [0.2, 0.25) is 5.91 Å². The summed E-state index contributed by atoms with van der Waals surface area (Å²) >= 11 is 0. The minimum absolute atomic E-state index is 0.0000826. The number of nitrogens with one attached hydrogen (secondary N) is 1. The zero-order valence-electron chi connectivity index (χ0n) is 12.2. The van der Waals surface area contributed by atoms with E-state index in [9.17, 15) is 4.79 Å². The first-order chi connectivity index (χ1) is 9.09. The number of fused-ring (bicyclic) bond motifs is 1. The smallest absolute Gasteiger partial charge is 0.225 e. The number of ether oxygens (including phenoxy) is 1. The number of nitrogens with zero attached hydrogens (tertiary/aromatic N) is 1. The predicted molar refractivity (Wildman–Crippen MR) is 73.8 cm³/mol. The minimum Gasteiger partial charge on any atom is -0.378 e. The average Bonchev–Trinajstić information content (AvgIpc) is 2.93. The Morgan fingerprint density at radius 3 is 2.89 bits per heavy atom. The highest BCUT2D eigenvalue weighted by Crippen LogP contribution is 2.41. The Kier molecular flexibility index (Phi) is 3.56. The molecular weight excluding hydrogens is 240 g/mol. The van der Waals surface area contributed by atoms with Crippen LogP contribution in [0.4, 0.5) is 0 Å². The summed E-state index contributed by atoms with van der Waals surface area (Å²) in [6.45, 7) is 8.33. The lowest BCUT2D eigenvalue weighted by Gasteiger charge is -2.36. The second-order valence-electron chi connectivity index (χ2n) is 6.88. The number of likely N-dealkylation sites (tertiary alicyclic amines) is 1. The van der Waals surface area contributed by atoms with Gasteiger partial charge in [-0.25, -0.2) is 0 Å². The Balaban J connectivity index is 1.63. The van der Waals surface area contributed by atoms with E-state index in [0.29, 0.717) is 24.2 Å². The summed E-state index contributed by atoms with van der Waals surface area (Å²) in [5, 5.41) is 3.46. The summed E-state index contributed by atoms with van der Waals surface area (Å²) in [5.74, 6) is 1.56. The lowest BCUT2D eigenvalue weighted by atomic mass is 9.84. The lowest BCUT2D eigenvalue weighted by Crippen LogP contribution is -2.48. The van der Waals surface area contributed by atoms with Gasteiger partial charge in [-0.2, -0.15) is 0 Å². The zero-order chi connectivity index (χ0) is 13.5. The van der Waals surface area contributed by atoms with E-state index in [-0.39, 0.29) is 11.6 Å². The standard InChI is InChI=1S/C15H26N2O2/c1-15(2)13-9-16-8-11(13)10-17(15)14(18)7-12-5-3-4-6-19-12/h11-13,16H,3-10H2,1-2H3. The van der Waals surface area contributed by atoms with Crippen molar-refractivity contribution in [3.05, 3.63) is 0 Å². The van der Waals surface area contributed by atoms with Gasteiger partial charge in [0.1, 0.15) is 0 Å². The van der Waals surface area contributed by atoms with Gasteiger partial charge in [0.15, 0.2) is 0 Å². The summed E-state index contributed by atoms with van der Waals surface area (Å²) in [5.41, 5.74) is -0.0000826. The quantitative estimate of drug-likeness (QED) is 0.821. The van der Waals surface area contributed by atoms with Crippen LogP contribution >= 0.6 is 0 Å². The maximum atomic E-state index is 12.6. The Hall–Kier alpha value is -0.610. The monoisotopic (exact) mass is 266 g/mol. The molecule has 0 bridgehead atoms. The van der Waals surface area contributed by atoms with E-state index in [1.165, 1.54) is 6.42 Å². The molecule has 19 heavy (non-hydrogen) atoms. The highest BCUT2D eigenvalue weighted by atomic mass is 16.5. The topological polar surface area (TPSA) is 41.6 Å². The van der Waals surface area contributed by atoms with Crippen molar-refractivity contribution in [1.29, 1.82) is 0 Å². The van der Waals surface area contributed by atoms with Crippen LogP contribution in [0.5, 0.6) is 0 Å². The summed E-state index contributed by atoms with van der Waals surface area (Å²) in [4.78, 5) is 14.7. The second kappa shape index (κ2) is 5.06. The molecule has 3 unspecified atom stereocenters. The molecular formula is C15H26N2O2. The van der Waals surface area contributed by atoms with Crippen LogP contribution in [0.15, 0.2) is 0 Å². The molecule has 0 aliphatic carbocycles. The summed E-state index contributed by atoms with van der Waals surface area (Å²) < 4.78 is 5.71. The van der Waals surface area contributed by atoms with Crippen LogP contribution in [0.25, 0.3) is 0 Å². The summed E-state index contributed by atoms with van der Waals surface area (Å²) in [7, 11) is 0. The maximum absolute atomic E-state index is 12.6. The molecule has 0 aromatic carbocycles. The Bertz CT molecular complexity index is 350. The molecule has 1 amide bonds. The van der Waals surface area contributed by atoms with Crippen LogP contribution in [0, 0.1) is 11.8 Å². The summed E-state index contributed by atoms with van der Waals surface area (Å²) in [6.07, 6.45) is 4.15. The molecule has 3 rings (SSSR count). The molecule has 1 N–H and O–H groups in total. The van der Waals surface area contributed by atoms with Crippen molar-refractivity contribution in [2.75, 3.05) is 26.2 Å². The Labute approximate surface area is 115 Å². The number of carbonyl (C=O) groups is 1. The molecule has 4 nitrogen and oxygen atoms in total. The fraction of sp³-hybridized carbons (Fsp3) is 0.933. The van der Waals surface area contributed by atoms with Crippen molar-refractivity contribution in [3.8, 4) is 0 Å². The minimum atomic E-state index is -0.0000826. The first-order valence-corrected chi connectivity index (χ1v) is 7.72. The molecule has 3 aliphatic rings. The van der Waals surface area contributed by atoms with Gasteiger partial charge in [-0.1, -0.05) is 0 Å². The van der Waals surface area contributed by atoms with E-state index >= 15 is 0 Å². The van der Waals surface area contributed by atoms with E-state index < -0.39 is 0 Å². The highest BCUT2D eigenvalue weighted by molar-refractivity contribution is 5.78. The van der Waals surface area contributed by atoms with Gasteiger partial charge in [0, 0.05) is 31.8 Å². The largest absolute Gasteiger partial charge is 0.378 e. The predicted octanol–water partition coefficient (Wildman–Crippen LogP) is 1.40. The van der Waals surface area contributed by atoms with Gasteiger partial charge in [-0.05, 0) is 44.9 Å². The molecule has 0 spiro atoms. The molecule has 3 saturated heterocycles. The average molecular weight is 266 g/mol. The summed E-state index contributed by atoms with van der Waals surface area (Å²) in [6, 6.07) is 0. The molecule has 0 aromatic rings. The van der Waals surface area contributed by atoms with E-state index in [1.54, 1.807) is 0 Å². The first kappa shape index (κ1) is 13.4. The fourth-order valence-corrected chi connectivity index (χ4v) is 4.12. The normalized spacial score (nSPS) is 37.4. The van der Waals surface area contributed by atoms with E-state index in [1.807, 2.05) is 0 Å². The fourth-order valence-electron chi connectivity index (χ4n) is 4.12. The van der Waals surface area contributed by atoms with Crippen LogP contribution in [0.1, 0.15) is 39.5 Å². The van der Waals surface area contributed by atoms with Crippen LogP contribution in [-0.4, -0.2) is 48.7 Å². The van der Waals surface area contributed by atoms with Crippen molar-refractivity contribution in [2.45, 2.75) is 51.2 Å². The van der Waals surface area contributed by atoms with Crippen molar-refractivity contribution in [3.63, 3.8) is 0 Å². The molecule has 3 atom stereocenters. The molecule has 3 heterocycles. The van der Waals surface area contributed by atoms with E-state index in [0.717, 1.165) is 39.1 Å². The number of carbonyl (C=O) groups excluding carboxylic acids is 1. The molecule has 3 aliphatic heterocycles. The van der Waals surface area contributed by atoms with E-state index in [4.69, 9.17) is 4.74 Å². The van der Waals surface area contributed by atoms with Crippen molar-refractivity contribution in [1.82, 2.24) is 10.2 Å². The van der Waals surface area contributed by atoms with Crippen LogP contribution in [0.2, 0.25) is 0 Å². The molecule has 0 saturated carbocycles. The maximum Gasteiger partial charge on any atom is 0.225 e. The van der Waals surface area contributed by atoms with Crippen molar-refractivity contribution >= 4 is 5.91 Å². The van der Waals surface area contributed by atoms with Crippen LogP contribution in [-0.2, 0) is 9.53 Å². The van der Waals surface area contributed by atoms with Crippen LogP contribution in [0.3, 0.4) is 0 Å². The van der Waals surface area contributed by atoms with Gasteiger partial charge < -0.3 is 15.0 Å². The number of amides is 1. The SMILES string of the molecule is CC1(C)C2CNCC2CN1C(=O)CC1CCCCO1. The van der Waals surface area contributed by atoms with E-state index in [2.05, 4.69) is 24.1 Å². The molecule has 0 aromatic heterocycles. The molecule has 4 heteroatoms. The Morgan fingerprint density at radius 1 is 1.37 bits per heavy atom. The van der Waals surface area contributed by atoms with Gasteiger partial charge in [0.25, 0.3) is 0 Å². The zero-order valence-corrected chi connectivity index (χ0v) is 12.2. The van der Waals surface area contributed by atoms with Gasteiger partial charge >= 0.3 is 0 Å². The van der Waals surface area contributed by atoms with Crippen molar-refractivity contribution < 1.29 is 9.53 Å². The third-order valence-corrected chi connectivity index (χ3v) is 5.34. The highest BCUT2D eigenvalue weighted by Gasteiger charge is 2.51. The van der Waals surface area contributed by atoms with Gasteiger partial charge in [0.05, 0.1) is 12.5 Å². The number of hydrogen-bond acceptors (Lipinski definition) is 3. The number of rotatable bonds is 2. The van der Waals surface area contributed by atoms with Crippen LogP contribution < -0.4 is 5.32 Å². The van der Waals surface area contributed by atoms with Gasteiger partial charge in [-0.3, -0.25) is 4.79 Å². The second-order valence-corrected chi connectivity index (χ2v) is 6.88. The lowest BCUT2D eigenvalue weighted by molar-refractivity contribution is -0.139. The Morgan fingerprint density at radius 2 is 2.21 bits per heavy atom. The first-order valence-electron chi connectivity index (χ1n) is 7.72. The van der Waals surface area contributed by atoms with Gasteiger partial charge in [-0.15, -0.1) is 0 Å². The third-order valence-electron chi connectivity index (χ3n) is 5.34.